The molecule has 1 aliphatic carbocycles. The first kappa shape index (κ1) is 19.4. The molecule has 146 valence electrons. The molecule has 2 atom stereocenters. The van der Waals surface area contributed by atoms with E-state index >= 15 is 0 Å². The van der Waals surface area contributed by atoms with Crippen LogP contribution in [0.1, 0.15) is 58.3 Å². The van der Waals surface area contributed by atoms with Crippen molar-refractivity contribution >= 4 is 17.8 Å². The fraction of sp³-hybridized carbons (Fsp3) is 0.524. The third kappa shape index (κ3) is 3.86. The van der Waals surface area contributed by atoms with Crippen molar-refractivity contribution in [1.29, 1.82) is 0 Å². The molecule has 1 aromatic carbocycles. The number of carbonyl (C=O) groups is 2. The van der Waals surface area contributed by atoms with Gasteiger partial charge < -0.3 is 14.6 Å². The molecule has 1 heterocycles. The van der Waals surface area contributed by atoms with Crippen LogP contribution in [-0.2, 0) is 14.3 Å². The number of benzene rings is 1. The zero-order valence-electron chi connectivity index (χ0n) is 16.5. The van der Waals surface area contributed by atoms with Gasteiger partial charge in [0, 0.05) is 12.1 Å². The van der Waals surface area contributed by atoms with Crippen molar-refractivity contribution in [2.45, 2.75) is 58.8 Å². The van der Waals surface area contributed by atoms with E-state index in [9.17, 15) is 14.7 Å². The molecule has 0 radical (unpaired) electrons. The Hall–Kier alpha value is -2.34. The van der Waals surface area contributed by atoms with Crippen molar-refractivity contribution in [2.75, 3.05) is 6.54 Å². The van der Waals surface area contributed by atoms with E-state index in [2.05, 4.69) is 0 Å². The normalized spacial score (nSPS) is 23.6. The highest BCUT2D eigenvalue weighted by Gasteiger charge is 2.49. The molecule has 1 N–H and O–H groups in total. The molecular weight excluding hydrogens is 346 g/mol. The summed E-state index contributed by atoms with van der Waals surface area (Å²) in [5.74, 6) is -0.187. The van der Waals surface area contributed by atoms with E-state index in [0.29, 0.717) is 29.9 Å². The van der Waals surface area contributed by atoms with E-state index in [1.54, 1.807) is 32.9 Å². The van der Waals surface area contributed by atoms with Crippen LogP contribution in [0.2, 0.25) is 0 Å². The lowest BCUT2D eigenvalue weighted by molar-refractivity contribution is -0.144. The monoisotopic (exact) mass is 373 g/mol. The third-order valence-corrected chi connectivity index (χ3v) is 4.96. The Morgan fingerprint density at radius 3 is 2.56 bits per heavy atom. The lowest BCUT2D eigenvalue weighted by Gasteiger charge is -2.32. The quantitative estimate of drug-likeness (QED) is 0.801. The van der Waals surface area contributed by atoms with Gasteiger partial charge in [-0.05, 0) is 44.2 Å². The molecule has 6 heteroatoms. The number of rotatable bonds is 2. The number of aliphatic hydroxyl groups is 1. The molecule has 1 fully saturated rings. The standard InChI is InChI=1S/C21H27NO5/c1-20(2,3)27-19(25)22-11-10-21(4,5)17(22)18(24)26-16-12-15(23)13-8-6-7-9-14(13)16/h6-9,12,15,17,23H,10-11H2,1-5H3. The molecule has 1 aliphatic heterocycles. The second-order valence-corrected chi connectivity index (χ2v) is 8.80. The predicted octanol–water partition coefficient (Wildman–Crippen LogP) is 3.65. The second kappa shape index (κ2) is 6.68. The average Bonchev–Trinajstić information content (AvgIpc) is 3.03. The van der Waals surface area contributed by atoms with Crippen molar-refractivity contribution in [3.63, 3.8) is 0 Å². The second-order valence-electron chi connectivity index (χ2n) is 8.80. The Morgan fingerprint density at radius 1 is 1.22 bits per heavy atom. The number of aliphatic hydroxyl groups excluding tert-OH is 1. The molecule has 1 saturated heterocycles. The van der Waals surface area contributed by atoms with Crippen LogP contribution < -0.4 is 0 Å². The minimum Gasteiger partial charge on any atom is -0.444 e. The lowest BCUT2D eigenvalue weighted by atomic mass is 9.85. The van der Waals surface area contributed by atoms with Gasteiger partial charge in [0.1, 0.15) is 23.5 Å². The molecule has 0 bridgehead atoms. The molecule has 2 unspecified atom stereocenters. The minimum absolute atomic E-state index is 0.329. The van der Waals surface area contributed by atoms with Crippen LogP contribution in [0.25, 0.3) is 5.76 Å². The molecule has 2 aliphatic rings. The molecule has 3 rings (SSSR count). The number of likely N-dealkylation sites (tertiary alicyclic amines) is 1. The lowest BCUT2D eigenvalue weighted by Crippen LogP contribution is -2.48. The van der Waals surface area contributed by atoms with Crippen LogP contribution in [-0.4, -0.2) is 40.3 Å². The van der Waals surface area contributed by atoms with Crippen LogP contribution in [0.4, 0.5) is 4.79 Å². The first-order valence-electron chi connectivity index (χ1n) is 9.20. The zero-order valence-corrected chi connectivity index (χ0v) is 16.5. The number of ether oxygens (including phenoxy) is 2. The summed E-state index contributed by atoms with van der Waals surface area (Å²) in [6, 6.07) is 6.49. The van der Waals surface area contributed by atoms with Crippen molar-refractivity contribution in [2.24, 2.45) is 5.41 Å². The van der Waals surface area contributed by atoms with Crippen LogP contribution >= 0.6 is 0 Å². The third-order valence-electron chi connectivity index (χ3n) is 4.96. The minimum atomic E-state index is -0.803. The Morgan fingerprint density at radius 2 is 1.89 bits per heavy atom. The van der Waals surface area contributed by atoms with E-state index in [1.165, 1.54) is 11.0 Å². The number of carbonyl (C=O) groups excluding carboxylic acids is 2. The van der Waals surface area contributed by atoms with Gasteiger partial charge in [-0.25, -0.2) is 9.59 Å². The summed E-state index contributed by atoms with van der Waals surface area (Å²) >= 11 is 0. The predicted molar refractivity (Wildman–Crippen MR) is 101 cm³/mol. The van der Waals surface area contributed by atoms with Gasteiger partial charge in [0.25, 0.3) is 0 Å². The van der Waals surface area contributed by atoms with Crippen molar-refractivity contribution in [1.82, 2.24) is 4.90 Å². The first-order valence-corrected chi connectivity index (χ1v) is 9.20. The van der Waals surface area contributed by atoms with Crippen LogP contribution in [0.15, 0.2) is 30.3 Å². The van der Waals surface area contributed by atoms with Gasteiger partial charge >= 0.3 is 12.1 Å². The maximum atomic E-state index is 13.0. The van der Waals surface area contributed by atoms with Crippen molar-refractivity contribution in [3.8, 4) is 0 Å². The van der Waals surface area contributed by atoms with Crippen LogP contribution in [0.3, 0.4) is 0 Å². The van der Waals surface area contributed by atoms with Crippen LogP contribution in [0, 0.1) is 5.41 Å². The van der Waals surface area contributed by atoms with E-state index in [-0.39, 0.29) is 0 Å². The van der Waals surface area contributed by atoms with E-state index in [1.807, 2.05) is 26.0 Å². The summed E-state index contributed by atoms with van der Waals surface area (Å²) in [6.07, 6.45) is 0.866. The molecule has 0 aromatic heterocycles. The Balaban J connectivity index is 1.81. The fourth-order valence-corrected chi connectivity index (χ4v) is 3.62. The van der Waals surface area contributed by atoms with Gasteiger partial charge in [0.2, 0.25) is 0 Å². The summed E-state index contributed by atoms with van der Waals surface area (Å²) in [7, 11) is 0. The highest BCUT2D eigenvalue weighted by molar-refractivity contribution is 5.88. The molecule has 1 aromatic rings. The van der Waals surface area contributed by atoms with Gasteiger partial charge in [-0.1, -0.05) is 38.1 Å². The van der Waals surface area contributed by atoms with Crippen molar-refractivity contribution < 1.29 is 24.2 Å². The van der Waals surface area contributed by atoms with Gasteiger partial charge in [0.15, 0.2) is 0 Å². The maximum Gasteiger partial charge on any atom is 0.411 e. The summed E-state index contributed by atoms with van der Waals surface area (Å²) in [5, 5.41) is 10.1. The SMILES string of the molecule is CC(C)(C)OC(=O)N1CCC(C)(C)C1C(=O)OC1=CC(O)c2ccccc21. The maximum absolute atomic E-state index is 13.0. The topological polar surface area (TPSA) is 76.1 Å². The molecular formula is C21H27NO5. The van der Waals surface area contributed by atoms with Gasteiger partial charge in [-0.15, -0.1) is 0 Å². The number of amides is 1. The highest BCUT2D eigenvalue weighted by Crippen LogP contribution is 2.40. The Bertz CT molecular complexity index is 790. The number of fused-ring (bicyclic) bond motifs is 1. The van der Waals surface area contributed by atoms with E-state index in [0.717, 1.165) is 0 Å². The van der Waals surface area contributed by atoms with Crippen LogP contribution in [0.5, 0.6) is 0 Å². The fourth-order valence-electron chi connectivity index (χ4n) is 3.62. The molecule has 1 amide bonds. The highest BCUT2D eigenvalue weighted by atomic mass is 16.6. The van der Waals surface area contributed by atoms with Gasteiger partial charge in [-0.2, -0.15) is 0 Å². The largest absolute Gasteiger partial charge is 0.444 e. The number of nitrogens with zero attached hydrogens (tertiary/aromatic N) is 1. The number of hydrogen-bond acceptors (Lipinski definition) is 5. The summed E-state index contributed by atoms with van der Waals surface area (Å²) in [6.45, 7) is 9.69. The smallest absolute Gasteiger partial charge is 0.411 e. The Kier molecular flexibility index (Phi) is 4.80. The number of hydrogen-bond donors (Lipinski definition) is 1. The Labute approximate surface area is 159 Å². The van der Waals surface area contributed by atoms with Crippen molar-refractivity contribution in [3.05, 3.63) is 41.5 Å². The zero-order chi connectivity index (χ0) is 20.0. The molecule has 0 saturated carbocycles. The summed E-state index contributed by atoms with van der Waals surface area (Å²) in [5.41, 5.74) is 0.314. The molecule has 27 heavy (non-hydrogen) atoms. The molecule has 6 nitrogen and oxygen atoms in total. The first-order chi connectivity index (χ1) is 12.5. The average molecular weight is 373 g/mol. The van der Waals surface area contributed by atoms with Gasteiger partial charge in [-0.3, -0.25) is 4.90 Å². The summed E-state index contributed by atoms with van der Waals surface area (Å²) in [4.78, 5) is 27.1. The summed E-state index contributed by atoms with van der Waals surface area (Å²) < 4.78 is 11.1. The molecule has 0 spiro atoms. The number of esters is 1. The van der Waals surface area contributed by atoms with Gasteiger partial charge in [0.05, 0.1) is 0 Å². The van der Waals surface area contributed by atoms with E-state index in [4.69, 9.17) is 9.47 Å². The van der Waals surface area contributed by atoms with E-state index < -0.39 is 35.2 Å².